The lowest BCUT2D eigenvalue weighted by Gasteiger charge is -2.52. The Morgan fingerprint density at radius 3 is 2.08 bits per heavy atom. The van der Waals surface area contributed by atoms with Crippen LogP contribution in [0.1, 0.15) is 61.2 Å². The zero-order valence-corrected chi connectivity index (χ0v) is 30.8. The fourth-order valence-corrected chi connectivity index (χ4v) is 8.77. The highest BCUT2D eigenvalue weighted by Crippen LogP contribution is 2.57. The van der Waals surface area contributed by atoms with Crippen molar-refractivity contribution >= 4 is 23.0 Å². The van der Waals surface area contributed by atoms with Crippen LogP contribution in [0.2, 0.25) is 0 Å². The topological polar surface area (TPSA) is 115 Å². The molecule has 0 saturated heterocycles. The number of nitrogens with zero attached hydrogens (tertiary/aromatic N) is 4. The number of Topliss-reactive ketones (excluding diaryl/α,β-unsaturated/α-hetero) is 3. The van der Waals surface area contributed by atoms with E-state index in [-0.39, 0.29) is 36.4 Å². The minimum atomic E-state index is -1.95. The lowest BCUT2D eigenvalue weighted by molar-refractivity contribution is -0.159. The smallest absolute Gasteiger partial charge is 0.265 e. The van der Waals surface area contributed by atoms with Crippen LogP contribution in [0.15, 0.2) is 71.3 Å². The second-order valence-corrected chi connectivity index (χ2v) is 14.8. The van der Waals surface area contributed by atoms with Crippen molar-refractivity contribution in [2.75, 3.05) is 54.3 Å². The number of aromatic nitrogens is 1. The number of hydrogen-bond donors (Lipinski definition) is 0. The predicted molar refractivity (Wildman–Crippen MR) is 195 cm³/mol. The molecule has 3 aliphatic rings. The van der Waals surface area contributed by atoms with Gasteiger partial charge in [0.1, 0.15) is 24.5 Å². The molecule has 0 bridgehead atoms. The van der Waals surface area contributed by atoms with Gasteiger partial charge in [0, 0.05) is 39.4 Å². The minimum absolute atomic E-state index is 0.00135. The molecule has 1 heterocycles. The maximum atomic E-state index is 15.2. The third kappa shape index (κ3) is 5.81. The Bertz CT molecular complexity index is 1990. The molecule has 5 unspecified atom stereocenters. The van der Waals surface area contributed by atoms with E-state index in [9.17, 15) is 4.79 Å². The molecule has 52 heavy (non-hydrogen) atoms. The second-order valence-electron chi connectivity index (χ2n) is 14.8. The Hall–Kier alpha value is -4.84. The highest BCUT2D eigenvalue weighted by Gasteiger charge is 2.68. The van der Waals surface area contributed by atoms with Crippen LogP contribution >= 0.6 is 0 Å². The molecule has 0 radical (unpaired) electrons. The van der Waals surface area contributed by atoms with Crippen molar-refractivity contribution < 1.29 is 33.1 Å². The van der Waals surface area contributed by atoms with Gasteiger partial charge in [-0.2, -0.15) is 0 Å². The highest BCUT2D eigenvalue weighted by atomic mass is 16.5. The number of rotatable bonds is 11. The Morgan fingerprint density at radius 2 is 1.50 bits per heavy atom. The fraction of sp³-hybridized carbons (Fsp3) is 0.415. The molecule has 0 spiro atoms. The Morgan fingerprint density at radius 1 is 0.865 bits per heavy atom. The van der Waals surface area contributed by atoms with Crippen molar-refractivity contribution in [3.05, 3.63) is 106 Å². The van der Waals surface area contributed by atoms with Crippen LogP contribution in [0.4, 0.5) is 5.69 Å². The van der Waals surface area contributed by atoms with Gasteiger partial charge < -0.3 is 28.5 Å². The maximum absolute atomic E-state index is 15.2. The van der Waals surface area contributed by atoms with Crippen LogP contribution in [0.3, 0.4) is 0 Å². The standard InChI is InChI=1S/C41H46N4O7/c1-43(2)21-27-20-30(50-22-24-14-10-8-11-15-24)32-28(34(27)44(3)4)18-26-19-29-35(45(5)6)37-33(39(48)41(29,49-7)38(47)31(26)36(32)46)40(42-52-37)51-23-25-16-12-9-13-17-25/h8-17,20,26,29,31,35H,18-19,21-23H2,1-7H3. The van der Waals surface area contributed by atoms with Crippen LogP contribution in [0, 0.1) is 17.8 Å². The molecule has 3 aliphatic carbocycles. The van der Waals surface area contributed by atoms with Gasteiger partial charge in [-0.1, -0.05) is 60.7 Å². The lowest BCUT2D eigenvalue weighted by Crippen LogP contribution is -2.67. The van der Waals surface area contributed by atoms with E-state index in [0.29, 0.717) is 36.5 Å². The molecule has 7 rings (SSSR count). The summed E-state index contributed by atoms with van der Waals surface area (Å²) >= 11 is 0. The van der Waals surface area contributed by atoms with E-state index in [1.165, 1.54) is 7.11 Å². The van der Waals surface area contributed by atoms with E-state index < -0.39 is 35.0 Å². The molecule has 0 amide bonds. The minimum Gasteiger partial charge on any atom is -0.488 e. The number of ketones is 3. The van der Waals surface area contributed by atoms with E-state index in [2.05, 4.69) is 10.1 Å². The van der Waals surface area contributed by atoms with Gasteiger partial charge in [0.15, 0.2) is 22.9 Å². The number of benzene rings is 3. The molecular weight excluding hydrogens is 660 g/mol. The Labute approximate surface area is 304 Å². The molecule has 1 saturated carbocycles. The largest absolute Gasteiger partial charge is 0.488 e. The van der Waals surface area contributed by atoms with Crippen molar-refractivity contribution in [2.45, 2.75) is 44.2 Å². The number of hydrogen-bond acceptors (Lipinski definition) is 11. The number of carbonyl (C=O) groups excluding carboxylic acids is 3. The summed E-state index contributed by atoms with van der Waals surface area (Å²) in [5.41, 5.74) is 3.18. The van der Waals surface area contributed by atoms with Gasteiger partial charge in [0.05, 0.1) is 17.5 Å². The van der Waals surface area contributed by atoms with Crippen molar-refractivity contribution in [3.63, 3.8) is 0 Å². The zero-order valence-electron chi connectivity index (χ0n) is 30.8. The van der Waals surface area contributed by atoms with Gasteiger partial charge in [-0.05, 0) is 80.4 Å². The number of carbonyl (C=O) groups is 3. The number of ether oxygens (including phenoxy) is 3. The summed E-state index contributed by atoms with van der Waals surface area (Å²) in [5, 5.41) is 4.20. The molecule has 0 aliphatic heterocycles. The van der Waals surface area contributed by atoms with Crippen molar-refractivity contribution in [3.8, 4) is 11.6 Å². The first-order chi connectivity index (χ1) is 25.0. The highest BCUT2D eigenvalue weighted by molar-refractivity contribution is 6.27. The van der Waals surface area contributed by atoms with Gasteiger partial charge in [-0.25, -0.2) is 0 Å². The molecule has 272 valence electrons. The molecule has 5 atom stereocenters. The van der Waals surface area contributed by atoms with Crippen LogP contribution in [0.25, 0.3) is 0 Å². The first kappa shape index (κ1) is 35.6. The maximum Gasteiger partial charge on any atom is 0.265 e. The van der Waals surface area contributed by atoms with Crippen LogP contribution in [0.5, 0.6) is 11.6 Å². The van der Waals surface area contributed by atoms with E-state index in [0.717, 1.165) is 27.9 Å². The molecule has 0 N–H and O–H groups in total. The van der Waals surface area contributed by atoms with Gasteiger partial charge in [-0.3, -0.25) is 19.3 Å². The summed E-state index contributed by atoms with van der Waals surface area (Å²) in [5.74, 6) is -2.84. The third-order valence-corrected chi connectivity index (χ3v) is 10.8. The van der Waals surface area contributed by atoms with E-state index in [1.54, 1.807) is 0 Å². The quantitative estimate of drug-likeness (QED) is 0.187. The number of fused-ring (bicyclic) bond motifs is 4. The molecule has 4 aromatic rings. The van der Waals surface area contributed by atoms with Gasteiger partial charge >= 0.3 is 0 Å². The van der Waals surface area contributed by atoms with Gasteiger partial charge in [-0.15, -0.1) is 0 Å². The summed E-state index contributed by atoms with van der Waals surface area (Å²) in [4.78, 5) is 51.1. The molecule has 11 heteroatoms. The van der Waals surface area contributed by atoms with Gasteiger partial charge in [0.25, 0.3) is 5.88 Å². The van der Waals surface area contributed by atoms with Crippen LogP contribution < -0.4 is 14.4 Å². The fourth-order valence-electron chi connectivity index (χ4n) is 8.77. The summed E-state index contributed by atoms with van der Waals surface area (Å²) in [6.07, 6.45) is 0.822. The number of methoxy groups -OCH3 is 1. The van der Waals surface area contributed by atoms with Crippen LogP contribution in [-0.2, 0) is 35.7 Å². The summed E-state index contributed by atoms with van der Waals surface area (Å²) in [6.45, 7) is 1.02. The zero-order chi connectivity index (χ0) is 36.9. The Kier molecular flexibility index (Phi) is 9.54. The first-order valence-electron chi connectivity index (χ1n) is 17.7. The normalized spacial score (nSPS) is 23.6. The summed E-state index contributed by atoms with van der Waals surface area (Å²) < 4.78 is 24.5. The monoisotopic (exact) mass is 706 g/mol. The second kappa shape index (κ2) is 13.9. The number of anilines is 1. The lowest BCUT2D eigenvalue weighted by atomic mass is 9.54. The third-order valence-electron chi connectivity index (χ3n) is 10.8. The molecule has 3 aromatic carbocycles. The van der Waals surface area contributed by atoms with Gasteiger partial charge in [0.2, 0.25) is 5.78 Å². The average molecular weight is 707 g/mol. The molecule has 11 nitrogen and oxygen atoms in total. The molecular formula is C41H46N4O7. The van der Waals surface area contributed by atoms with E-state index >= 15 is 9.59 Å². The van der Waals surface area contributed by atoms with Crippen molar-refractivity contribution in [1.29, 1.82) is 0 Å². The van der Waals surface area contributed by atoms with E-state index in [1.807, 2.05) is 119 Å². The van der Waals surface area contributed by atoms with Crippen LogP contribution in [-0.4, -0.2) is 87.3 Å². The van der Waals surface area contributed by atoms with E-state index in [4.69, 9.17) is 18.7 Å². The Balaban J connectivity index is 1.33. The SMILES string of the molecule is COC12C(=O)c3c(OCc4ccccc4)noc3C(N(C)C)C1CC1Cc3c(c(OCc4ccccc4)cc(CN(C)C)c3N(C)C)C(=O)C1C2=O. The summed E-state index contributed by atoms with van der Waals surface area (Å²) in [7, 11) is 13.1. The predicted octanol–water partition coefficient (Wildman–Crippen LogP) is 5.40. The first-order valence-corrected chi connectivity index (χ1v) is 17.7. The average Bonchev–Trinajstić information content (AvgIpc) is 3.53. The molecule has 1 fully saturated rings. The molecule has 1 aromatic heterocycles. The van der Waals surface area contributed by atoms with Crippen molar-refractivity contribution in [2.24, 2.45) is 17.8 Å². The summed E-state index contributed by atoms with van der Waals surface area (Å²) in [6, 6.07) is 20.7. The van der Waals surface area contributed by atoms with Crippen molar-refractivity contribution in [1.82, 2.24) is 15.0 Å².